The molecule has 1 aliphatic rings. The number of carbonyl (C=O) groups excluding carboxylic acids is 2. The number of amides is 2. The van der Waals surface area contributed by atoms with Gasteiger partial charge in [0.25, 0.3) is 5.91 Å². The van der Waals surface area contributed by atoms with Crippen molar-refractivity contribution in [3.05, 3.63) is 64.7 Å². The van der Waals surface area contributed by atoms with Crippen LogP contribution >= 0.6 is 11.6 Å². The average molecular weight is 357 g/mol. The third kappa shape index (κ3) is 4.40. The van der Waals surface area contributed by atoms with Crippen LogP contribution in [0.3, 0.4) is 0 Å². The van der Waals surface area contributed by atoms with E-state index in [1.165, 1.54) is 0 Å². The fourth-order valence-electron chi connectivity index (χ4n) is 3.03. The van der Waals surface area contributed by atoms with Crippen molar-refractivity contribution in [3.63, 3.8) is 0 Å². The van der Waals surface area contributed by atoms with E-state index in [1.807, 2.05) is 41.3 Å². The van der Waals surface area contributed by atoms with E-state index in [1.54, 1.807) is 12.1 Å². The highest BCUT2D eigenvalue weighted by Gasteiger charge is 2.22. The minimum Gasteiger partial charge on any atom is -0.339 e. The summed E-state index contributed by atoms with van der Waals surface area (Å²) >= 11 is 6.13. The van der Waals surface area contributed by atoms with Crippen LogP contribution in [0.4, 0.5) is 5.69 Å². The van der Waals surface area contributed by atoms with Gasteiger partial charge in [0.15, 0.2) is 0 Å². The van der Waals surface area contributed by atoms with Crippen molar-refractivity contribution in [1.29, 1.82) is 0 Å². The number of anilines is 1. The van der Waals surface area contributed by atoms with Gasteiger partial charge in [0, 0.05) is 24.5 Å². The summed E-state index contributed by atoms with van der Waals surface area (Å²) in [6, 6.07) is 14.7. The van der Waals surface area contributed by atoms with E-state index in [0.717, 1.165) is 31.5 Å². The average Bonchev–Trinajstić information content (AvgIpc) is 3.15. The van der Waals surface area contributed by atoms with Crippen LogP contribution in [0.2, 0.25) is 5.02 Å². The molecular weight excluding hydrogens is 336 g/mol. The first kappa shape index (κ1) is 17.5. The lowest BCUT2D eigenvalue weighted by Crippen LogP contribution is -2.28. The van der Waals surface area contributed by atoms with Crippen LogP contribution in [0, 0.1) is 0 Å². The van der Waals surface area contributed by atoms with E-state index >= 15 is 0 Å². The molecule has 3 rings (SSSR count). The molecule has 1 heterocycles. The van der Waals surface area contributed by atoms with Crippen LogP contribution in [0.5, 0.6) is 0 Å². The zero-order chi connectivity index (χ0) is 17.6. The number of benzene rings is 2. The number of hydrogen-bond acceptors (Lipinski definition) is 2. The van der Waals surface area contributed by atoms with Crippen molar-refractivity contribution in [1.82, 2.24) is 4.90 Å². The Kier molecular flexibility index (Phi) is 5.71. The summed E-state index contributed by atoms with van der Waals surface area (Å²) in [5.74, 6) is -0.138. The molecule has 0 aliphatic carbocycles. The molecule has 2 aromatic carbocycles. The lowest BCUT2D eigenvalue weighted by Gasteiger charge is -2.18. The van der Waals surface area contributed by atoms with Gasteiger partial charge in [-0.2, -0.15) is 0 Å². The molecule has 1 aliphatic heterocycles. The molecule has 0 unspecified atom stereocenters. The number of likely N-dealkylation sites (tertiary alicyclic amines) is 1. The highest BCUT2D eigenvalue weighted by Crippen LogP contribution is 2.21. The van der Waals surface area contributed by atoms with E-state index < -0.39 is 0 Å². The second kappa shape index (κ2) is 8.17. The molecule has 25 heavy (non-hydrogen) atoms. The molecule has 130 valence electrons. The van der Waals surface area contributed by atoms with Gasteiger partial charge in [0.1, 0.15) is 0 Å². The van der Waals surface area contributed by atoms with Crippen LogP contribution in [0.25, 0.3) is 0 Å². The van der Waals surface area contributed by atoms with E-state index in [9.17, 15) is 9.59 Å². The molecule has 2 aromatic rings. The molecule has 0 atom stereocenters. The van der Waals surface area contributed by atoms with Crippen LogP contribution in [0.1, 0.15) is 35.2 Å². The van der Waals surface area contributed by atoms with Gasteiger partial charge in [-0.05, 0) is 43.0 Å². The number of nitrogens with zero attached hydrogens (tertiary/aromatic N) is 1. The molecule has 1 saturated heterocycles. The zero-order valence-corrected chi connectivity index (χ0v) is 14.8. The summed E-state index contributed by atoms with van der Waals surface area (Å²) in [7, 11) is 0. The van der Waals surface area contributed by atoms with Crippen molar-refractivity contribution in [3.8, 4) is 0 Å². The van der Waals surface area contributed by atoms with Gasteiger partial charge in [-0.15, -0.1) is 0 Å². The lowest BCUT2D eigenvalue weighted by atomic mass is 10.1. The van der Waals surface area contributed by atoms with Gasteiger partial charge in [0.2, 0.25) is 5.91 Å². The molecule has 4 nitrogen and oxygen atoms in total. The molecule has 0 radical (unpaired) electrons. The van der Waals surface area contributed by atoms with E-state index in [0.29, 0.717) is 29.1 Å². The van der Waals surface area contributed by atoms with E-state index in [2.05, 4.69) is 5.32 Å². The van der Waals surface area contributed by atoms with Crippen molar-refractivity contribution in [2.75, 3.05) is 18.4 Å². The first-order valence-corrected chi connectivity index (χ1v) is 8.94. The minimum absolute atomic E-state index is 0.0143. The Hall–Kier alpha value is -2.33. The van der Waals surface area contributed by atoms with Crippen molar-refractivity contribution >= 4 is 29.1 Å². The number of para-hydroxylation sites is 1. The van der Waals surface area contributed by atoms with Gasteiger partial charge in [-0.3, -0.25) is 9.59 Å². The third-order valence-corrected chi connectivity index (χ3v) is 4.77. The summed E-state index contributed by atoms with van der Waals surface area (Å²) in [5.41, 5.74) is 2.07. The molecular formula is C20H21ClN2O2. The first-order valence-electron chi connectivity index (χ1n) is 8.57. The molecule has 0 spiro atoms. The molecule has 1 fully saturated rings. The van der Waals surface area contributed by atoms with Crippen LogP contribution < -0.4 is 5.32 Å². The Morgan fingerprint density at radius 1 is 1.00 bits per heavy atom. The van der Waals surface area contributed by atoms with Gasteiger partial charge in [0.05, 0.1) is 11.3 Å². The Balaban J connectivity index is 1.65. The quantitative estimate of drug-likeness (QED) is 0.875. The topological polar surface area (TPSA) is 49.4 Å². The van der Waals surface area contributed by atoms with Gasteiger partial charge in [-0.25, -0.2) is 0 Å². The Morgan fingerprint density at radius 2 is 1.68 bits per heavy atom. The van der Waals surface area contributed by atoms with Crippen LogP contribution in [-0.4, -0.2) is 29.8 Å². The maximum atomic E-state index is 12.6. The Labute approximate surface area is 152 Å². The highest BCUT2D eigenvalue weighted by molar-refractivity contribution is 6.31. The lowest BCUT2D eigenvalue weighted by molar-refractivity contribution is -0.116. The summed E-state index contributed by atoms with van der Waals surface area (Å²) in [6.07, 6.45) is 2.96. The monoisotopic (exact) mass is 356 g/mol. The predicted molar refractivity (Wildman–Crippen MR) is 100.0 cm³/mol. The second-order valence-electron chi connectivity index (χ2n) is 6.18. The number of hydrogen-bond donors (Lipinski definition) is 1. The molecule has 0 aromatic heterocycles. The summed E-state index contributed by atoms with van der Waals surface area (Å²) in [5, 5.41) is 3.54. The standard InChI is InChI=1S/C20H21ClN2O2/c21-17-9-3-1-7-15(17)11-12-19(24)22-18-10-4-2-8-16(18)20(25)23-13-5-6-14-23/h1-4,7-10H,5-6,11-14H2,(H,22,24). The molecule has 5 heteroatoms. The summed E-state index contributed by atoms with van der Waals surface area (Å²) in [6.45, 7) is 1.57. The number of carbonyl (C=O) groups is 2. The third-order valence-electron chi connectivity index (χ3n) is 4.40. The van der Waals surface area contributed by atoms with Crippen molar-refractivity contribution in [2.24, 2.45) is 0 Å². The fourth-order valence-corrected chi connectivity index (χ4v) is 3.26. The van der Waals surface area contributed by atoms with Crippen molar-refractivity contribution < 1.29 is 9.59 Å². The fraction of sp³-hybridized carbons (Fsp3) is 0.300. The number of halogens is 1. The molecule has 0 saturated carbocycles. The Morgan fingerprint density at radius 3 is 2.44 bits per heavy atom. The number of nitrogens with one attached hydrogen (secondary N) is 1. The number of aryl methyl sites for hydroxylation is 1. The predicted octanol–water partition coefficient (Wildman–Crippen LogP) is 4.15. The van der Waals surface area contributed by atoms with Crippen LogP contribution in [-0.2, 0) is 11.2 Å². The SMILES string of the molecule is O=C(CCc1ccccc1Cl)Nc1ccccc1C(=O)N1CCCC1. The second-order valence-corrected chi connectivity index (χ2v) is 6.59. The zero-order valence-electron chi connectivity index (χ0n) is 14.0. The van der Waals surface area contributed by atoms with Gasteiger partial charge < -0.3 is 10.2 Å². The minimum atomic E-state index is -0.124. The smallest absolute Gasteiger partial charge is 0.255 e. The molecule has 1 N–H and O–H groups in total. The molecule has 0 bridgehead atoms. The normalized spacial score (nSPS) is 13.7. The van der Waals surface area contributed by atoms with Gasteiger partial charge >= 0.3 is 0 Å². The maximum Gasteiger partial charge on any atom is 0.255 e. The molecule has 2 amide bonds. The number of rotatable bonds is 5. The summed E-state index contributed by atoms with van der Waals surface area (Å²) < 4.78 is 0. The van der Waals surface area contributed by atoms with Crippen LogP contribution in [0.15, 0.2) is 48.5 Å². The van der Waals surface area contributed by atoms with Gasteiger partial charge in [-0.1, -0.05) is 41.9 Å². The first-order chi connectivity index (χ1) is 12.1. The van der Waals surface area contributed by atoms with E-state index in [4.69, 9.17) is 11.6 Å². The Bertz CT molecular complexity index is 770. The summed E-state index contributed by atoms with van der Waals surface area (Å²) in [4.78, 5) is 26.8. The van der Waals surface area contributed by atoms with E-state index in [-0.39, 0.29) is 11.8 Å². The maximum absolute atomic E-state index is 12.6. The highest BCUT2D eigenvalue weighted by atomic mass is 35.5. The largest absolute Gasteiger partial charge is 0.339 e. The van der Waals surface area contributed by atoms with Crippen molar-refractivity contribution in [2.45, 2.75) is 25.7 Å².